The quantitative estimate of drug-likeness (QED) is 0.655. The first-order valence-corrected chi connectivity index (χ1v) is 11.9. The van der Waals surface area contributed by atoms with E-state index in [9.17, 15) is 9.90 Å². The van der Waals surface area contributed by atoms with Crippen LogP contribution in [-0.4, -0.2) is 64.1 Å². The molecule has 2 aliphatic heterocycles. The largest absolute Gasteiger partial charge is 0.395 e. The lowest BCUT2D eigenvalue weighted by Crippen LogP contribution is -2.68. The smallest absolute Gasteiger partial charge is 0.228 e. The van der Waals surface area contributed by atoms with E-state index in [1.54, 1.807) is 6.20 Å². The second-order valence-electron chi connectivity index (χ2n) is 9.11. The minimum Gasteiger partial charge on any atom is -0.395 e. The van der Waals surface area contributed by atoms with Crippen LogP contribution >= 0.6 is 0 Å². The van der Waals surface area contributed by atoms with E-state index in [0.717, 1.165) is 31.6 Å². The maximum atomic E-state index is 13.1. The van der Waals surface area contributed by atoms with Gasteiger partial charge in [-0.05, 0) is 48.2 Å². The van der Waals surface area contributed by atoms with Crippen molar-refractivity contribution < 1.29 is 9.90 Å². The Kier molecular flexibility index (Phi) is 6.51. The molecule has 0 spiro atoms. The van der Waals surface area contributed by atoms with Crippen molar-refractivity contribution in [3.63, 3.8) is 0 Å². The zero-order valence-electron chi connectivity index (χ0n) is 18.9. The second kappa shape index (κ2) is 9.86. The highest BCUT2D eigenvalue weighted by Crippen LogP contribution is 2.42. The highest BCUT2D eigenvalue weighted by atomic mass is 16.3. The van der Waals surface area contributed by atoms with Gasteiger partial charge in [0, 0.05) is 43.0 Å². The maximum Gasteiger partial charge on any atom is 0.228 e. The topological polar surface area (TPSA) is 56.7 Å². The molecule has 5 heteroatoms. The van der Waals surface area contributed by atoms with Crippen molar-refractivity contribution in [1.82, 2.24) is 14.8 Å². The summed E-state index contributed by atoms with van der Waals surface area (Å²) in [5.41, 5.74) is 4.46. The Balaban J connectivity index is 1.35. The highest BCUT2D eigenvalue weighted by Gasteiger charge is 2.49. The zero-order chi connectivity index (χ0) is 22.6. The summed E-state index contributed by atoms with van der Waals surface area (Å²) in [4.78, 5) is 21.9. The molecular weight excluding hydrogens is 410 g/mol. The van der Waals surface area contributed by atoms with Crippen molar-refractivity contribution in [2.24, 2.45) is 0 Å². The van der Waals surface area contributed by atoms with Gasteiger partial charge in [0.05, 0.1) is 13.0 Å². The minimum atomic E-state index is 0.114. The fourth-order valence-electron chi connectivity index (χ4n) is 5.46. The van der Waals surface area contributed by atoms with Crippen molar-refractivity contribution in [3.05, 3.63) is 90.3 Å². The number of hydrogen-bond donors (Lipinski definition) is 1. The number of fused-ring (bicyclic) bond motifs is 1. The van der Waals surface area contributed by atoms with Gasteiger partial charge in [0.15, 0.2) is 0 Å². The molecule has 5 rings (SSSR count). The van der Waals surface area contributed by atoms with Crippen LogP contribution in [0.15, 0.2) is 79.0 Å². The summed E-state index contributed by atoms with van der Waals surface area (Å²) in [6.45, 7) is 2.62. The Morgan fingerprint density at radius 2 is 1.64 bits per heavy atom. The fourth-order valence-corrected chi connectivity index (χ4v) is 5.46. The molecule has 170 valence electrons. The molecule has 1 amide bonds. The maximum absolute atomic E-state index is 13.1. The molecule has 2 saturated heterocycles. The highest BCUT2D eigenvalue weighted by molar-refractivity contribution is 5.78. The molecule has 3 aromatic rings. The number of aliphatic hydroxyl groups is 1. The Bertz CT molecular complexity index is 1060. The molecule has 0 aliphatic carbocycles. The van der Waals surface area contributed by atoms with Gasteiger partial charge < -0.3 is 10.0 Å². The average Bonchev–Trinajstić information content (AvgIpc) is 2.84. The van der Waals surface area contributed by atoms with Crippen molar-refractivity contribution in [3.8, 4) is 11.1 Å². The lowest BCUT2D eigenvalue weighted by molar-refractivity contribution is -0.135. The number of nitrogens with zero attached hydrogens (tertiary/aromatic N) is 3. The Labute approximate surface area is 195 Å². The number of aromatic nitrogens is 1. The number of carbonyl (C=O) groups excluding carboxylic acids is 1. The van der Waals surface area contributed by atoms with E-state index in [4.69, 9.17) is 0 Å². The van der Waals surface area contributed by atoms with E-state index < -0.39 is 0 Å². The van der Waals surface area contributed by atoms with Crippen molar-refractivity contribution in [2.75, 3.05) is 26.2 Å². The third kappa shape index (κ3) is 4.56. The molecule has 1 N–H and O–H groups in total. The number of benzene rings is 2. The third-order valence-corrected chi connectivity index (χ3v) is 7.18. The summed E-state index contributed by atoms with van der Waals surface area (Å²) < 4.78 is 0. The van der Waals surface area contributed by atoms with E-state index >= 15 is 0 Å². The minimum absolute atomic E-state index is 0.114. The number of aliphatic hydroxyl groups excluding tert-OH is 1. The van der Waals surface area contributed by atoms with Crippen molar-refractivity contribution in [1.29, 1.82) is 0 Å². The molecular formula is C28H31N3O2. The first kappa shape index (κ1) is 21.8. The van der Waals surface area contributed by atoms with Crippen LogP contribution in [0.2, 0.25) is 0 Å². The van der Waals surface area contributed by atoms with Gasteiger partial charge in [0.25, 0.3) is 0 Å². The van der Waals surface area contributed by atoms with Crippen LogP contribution in [0.3, 0.4) is 0 Å². The van der Waals surface area contributed by atoms with Crippen LogP contribution in [0, 0.1) is 0 Å². The van der Waals surface area contributed by atoms with Gasteiger partial charge in [-0.25, -0.2) is 0 Å². The van der Waals surface area contributed by atoms with E-state index in [2.05, 4.69) is 58.4 Å². The molecule has 0 saturated carbocycles. The number of carbonyl (C=O) groups is 1. The van der Waals surface area contributed by atoms with E-state index in [1.165, 1.54) is 16.7 Å². The van der Waals surface area contributed by atoms with Crippen molar-refractivity contribution >= 4 is 5.91 Å². The molecule has 0 unspecified atom stereocenters. The molecule has 2 aliphatic rings. The third-order valence-electron chi connectivity index (χ3n) is 7.18. The van der Waals surface area contributed by atoms with E-state index in [0.29, 0.717) is 13.0 Å². The average molecular weight is 442 g/mol. The van der Waals surface area contributed by atoms with Gasteiger partial charge in [-0.2, -0.15) is 0 Å². The Morgan fingerprint density at radius 1 is 0.909 bits per heavy atom. The first-order chi connectivity index (χ1) is 16.2. The predicted molar refractivity (Wildman–Crippen MR) is 130 cm³/mol. The van der Waals surface area contributed by atoms with Crippen LogP contribution in [0.1, 0.15) is 30.0 Å². The molecule has 0 radical (unpaired) electrons. The Morgan fingerprint density at radius 3 is 2.36 bits per heavy atom. The van der Waals surface area contributed by atoms with Crippen molar-refractivity contribution in [2.45, 2.75) is 37.3 Å². The standard InChI is InChI=1S/C28H31N3O2/c32-20-26-28(23-13-11-22(12-14-23)21-8-2-1-3-9-21)25-19-30(16-6-7-17-31(25)26)27(33)18-24-10-4-5-15-29-24/h1-5,8-15,25-26,28,32H,6-7,16-20H2/t25-,26+,28-/m1/s1. The summed E-state index contributed by atoms with van der Waals surface area (Å²) in [5.74, 6) is 0.365. The van der Waals surface area contributed by atoms with Gasteiger partial charge in [0.2, 0.25) is 5.91 Å². The predicted octanol–water partition coefficient (Wildman–Crippen LogP) is 3.74. The van der Waals surface area contributed by atoms with Gasteiger partial charge in [-0.3, -0.25) is 14.7 Å². The summed E-state index contributed by atoms with van der Waals surface area (Å²) in [5, 5.41) is 10.2. The molecule has 3 heterocycles. The summed E-state index contributed by atoms with van der Waals surface area (Å²) in [6, 6.07) is 25.2. The number of pyridine rings is 1. The monoisotopic (exact) mass is 441 g/mol. The van der Waals surface area contributed by atoms with Crippen LogP contribution in [0.4, 0.5) is 0 Å². The van der Waals surface area contributed by atoms with Crippen LogP contribution in [-0.2, 0) is 11.2 Å². The van der Waals surface area contributed by atoms with E-state index in [1.807, 2.05) is 29.2 Å². The second-order valence-corrected chi connectivity index (χ2v) is 9.11. The molecule has 3 atom stereocenters. The number of hydrogen-bond acceptors (Lipinski definition) is 4. The van der Waals surface area contributed by atoms with Gasteiger partial charge in [-0.1, -0.05) is 60.7 Å². The van der Waals surface area contributed by atoms with Crippen LogP contribution in [0.25, 0.3) is 11.1 Å². The normalized spacial score (nSPS) is 23.2. The van der Waals surface area contributed by atoms with Gasteiger partial charge in [-0.15, -0.1) is 0 Å². The van der Waals surface area contributed by atoms with Crippen LogP contribution in [0.5, 0.6) is 0 Å². The van der Waals surface area contributed by atoms with Gasteiger partial charge >= 0.3 is 0 Å². The lowest BCUT2D eigenvalue weighted by Gasteiger charge is -2.57. The van der Waals surface area contributed by atoms with E-state index in [-0.39, 0.29) is 30.5 Å². The summed E-state index contributed by atoms with van der Waals surface area (Å²) in [7, 11) is 0. The Hall–Kier alpha value is -3.02. The number of amides is 1. The SMILES string of the molecule is O=C(Cc1ccccn1)N1CCCCN2[C@H](C1)[C@@H](c1ccc(-c3ccccc3)cc1)[C@@H]2CO. The summed E-state index contributed by atoms with van der Waals surface area (Å²) >= 11 is 0. The molecule has 2 fully saturated rings. The molecule has 0 bridgehead atoms. The molecule has 5 nitrogen and oxygen atoms in total. The van der Waals surface area contributed by atoms with Gasteiger partial charge in [0.1, 0.15) is 0 Å². The summed E-state index contributed by atoms with van der Waals surface area (Å²) in [6.07, 6.45) is 4.12. The lowest BCUT2D eigenvalue weighted by atomic mass is 9.74. The first-order valence-electron chi connectivity index (χ1n) is 11.9. The molecule has 33 heavy (non-hydrogen) atoms. The molecule has 2 aromatic carbocycles. The zero-order valence-corrected chi connectivity index (χ0v) is 18.9. The number of rotatable bonds is 5. The fraction of sp³-hybridized carbons (Fsp3) is 0.357. The van der Waals surface area contributed by atoms with Crippen LogP contribution < -0.4 is 0 Å². The molecule has 1 aromatic heterocycles.